The van der Waals surface area contributed by atoms with E-state index in [9.17, 15) is 9.90 Å². The number of likely N-dealkylation sites (N-methyl/N-ethyl adjacent to an activating group) is 1. The number of aliphatic hydroxyl groups is 1. The zero-order valence-corrected chi connectivity index (χ0v) is 21.6. The number of nitrogens with zero attached hydrogens (tertiary/aromatic N) is 1. The van der Waals surface area contributed by atoms with Gasteiger partial charge < -0.3 is 0 Å². The van der Waals surface area contributed by atoms with Crippen LogP contribution in [0, 0.1) is 5.41 Å². The maximum atomic E-state index is 13.7. The van der Waals surface area contributed by atoms with Crippen molar-refractivity contribution in [3.63, 3.8) is 0 Å². The summed E-state index contributed by atoms with van der Waals surface area (Å²) >= 11 is -0.241. The van der Waals surface area contributed by atoms with Gasteiger partial charge in [0.1, 0.15) is 0 Å². The van der Waals surface area contributed by atoms with Crippen LogP contribution in [0.15, 0.2) is 0 Å². The third kappa shape index (κ3) is 5.50. The molecule has 0 aromatic heterocycles. The van der Waals surface area contributed by atoms with Crippen molar-refractivity contribution < 1.29 is 31.4 Å². The molecule has 2 aliphatic heterocycles. The average molecular weight is 536 g/mol. The molecular weight excluding hydrogens is 491 g/mol. The number of hydrogen-bond acceptors (Lipinski definition) is 5. The summed E-state index contributed by atoms with van der Waals surface area (Å²) in [7, 11) is 1.86. The fraction of sp³-hybridized carbons (Fsp3) is 0.957. The van der Waals surface area contributed by atoms with Gasteiger partial charge in [-0.1, -0.05) is 0 Å². The summed E-state index contributed by atoms with van der Waals surface area (Å²) in [6.45, 7) is 8.22. The van der Waals surface area contributed by atoms with Crippen molar-refractivity contribution in [2.24, 2.45) is 5.41 Å². The first kappa shape index (κ1) is 24.7. The van der Waals surface area contributed by atoms with Gasteiger partial charge in [-0.05, 0) is 0 Å². The van der Waals surface area contributed by atoms with Gasteiger partial charge >= 0.3 is 195 Å². The Morgan fingerprint density at radius 2 is 2.03 bits per heavy atom. The molecule has 4 N–H and O–H groups in total. The predicted octanol–water partition coefficient (Wildman–Crippen LogP) is -0.631. The fourth-order valence-electron chi connectivity index (χ4n) is 4.95. The van der Waals surface area contributed by atoms with Crippen LogP contribution in [0.25, 0.3) is 0 Å². The second-order valence-corrected chi connectivity index (χ2v) is 13.2. The normalized spacial score (nSPS) is 30.6. The van der Waals surface area contributed by atoms with Crippen LogP contribution >= 0.6 is 0 Å². The molecule has 0 aromatic rings. The van der Waals surface area contributed by atoms with Crippen molar-refractivity contribution >= 4 is 5.91 Å². The van der Waals surface area contributed by atoms with Crippen molar-refractivity contribution in [2.75, 3.05) is 20.1 Å². The van der Waals surface area contributed by atoms with Gasteiger partial charge in [0.25, 0.3) is 0 Å². The predicted molar refractivity (Wildman–Crippen MR) is 118 cm³/mol. The van der Waals surface area contributed by atoms with Crippen LogP contribution < -0.4 is 37.4 Å². The number of alkyl halides is 1. The topological polar surface area (TPSA) is 76.6 Å². The second kappa shape index (κ2) is 10.8. The summed E-state index contributed by atoms with van der Waals surface area (Å²) in [5.74, 6) is 0.252. The number of carbonyl (C=O) groups excluding carboxylic acids is 1. The number of aliphatic hydroxyl groups excluding tert-OH is 1. The molecule has 0 aromatic carbocycles. The Morgan fingerprint density at radius 3 is 2.77 bits per heavy atom. The monoisotopic (exact) mass is 535 g/mol. The number of carbonyl (C=O) groups is 1. The van der Waals surface area contributed by atoms with E-state index in [2.05, 4.69) is 26.0 Å². The van der Waals surface area contributed by atoms with E-state index in [0.717, 1.165) is 29.9 Å². The Balaban J connectivity index is 1.63. The molecule has 1 amide bonds. The third-order valence-corrected chi connectivity index (χ3v) is 11.7. The quantitative estimate of drug-likeness (QED) is 0.0881. The first-order valence-electron chi connectivity index (χ1n) is 12.2. The molecule has 0 radical (unpaired) electrons. The first-order chi connectivity index (χ1) is 14.4. The number of halogens is 1. The van der Waals surface area contributed by atoms with Gasteiger partial charge in [-0.3, -0.25) is 0 Å². The van der Waals surface area contributed by atoms with Gasteiger partial charge in [-0.15, -0.1) is 0 Å². The van der Waals surface area contributed by atoms with Crippen LogP contribution in [-0.4, -0.2) is 62.0 Å². The number of unbranched alkanes of at least 4 members (excludes halogenated alkanes) is 5. The molecule has 7 heteroatoms. The van der Waals surface area contributed by atoms with Gasteiger partial charge in [0.2, 0.25) is 0 Å². The second-order valence-electron chi connectivity index (χ2n) is 10.1. The summed E-state index contributed by atoms with van der Waals surface area (Å²) in [6.07, 6.45) is 11.2. The molecule has 1 spiro atoms. The molecule has 6 nitrogen and oxygen atoms in total. The zero-order chi connectivity index (χ0) is 21.8. The molecule has 3 rings (SSSR count). The SMILES string of the molecule is CCCCCCCC[C@H](NC(O)C(C)(C)NC)C(=O)N1[I-]C2CC23CCCNC[C@@H]13. The number of nitrogens with one attached hydrogen (secondary N) is 3. The van der Waals surface area contributed by atoms with E-state index in [-0.39, 0.29) is 33.4 Å². The van der Waals surface area contributed by atoms with Crippen molar-refractivity contribution in [3.8, 4) is 0 Å². The molecule has 30 heavy (non-hydrogen) atoms. The van der Waals surface area contributed by atoms with E-state index in [1.54, 1.807) is 0 Å². The Kier molecular flexibility index (Phi) is 8.86. The molecule has 2 saturated heterocycles. The van der Waals surface area contributed by atoms with E-state index in [4.69, 9.17) is 0 Å². The zero-order valence-electron chi connectivity index (χ0n) is 19.5. The van der Waals surface area contributed by atoms with Gasteiger partial charge in [-0.2, -0.15) is 0 Å². The van der Waals surface area contributed by atoms with Gasteiger partial charge in [-0.25, -0.2) is 0 Å². The van der Waals surface area contributed by atoms with E-state index in [1.807, 2.05) is 20.9 Å². The number of hydrogen-bond donors (Lipinski definition) is 4. The first-order valence-corrected chi connectivity index (χ1v) is 14.4. The fourth-order valence-corrected chi connectivity index (χ4v) is 9.73. The van der Waals surface area contributed by atoms with E-state index >= 15 is 0 Å². The summed E-state index contributed by atoms with van der Waals surface area (Å²) < 4.78 is 3.08. The Bertz CT molecular complexity index is 575. The molecule has 5 atom stereocenters. The van der Waals surface area contributed by atoms with Gasteiger partial charge in [0.15, 0.2) is 0 Å². The molecule has 1 saturated carbocycles. The van der Waals surface area contributed by atoms with Crippen molar-refractivity contribution in [3.05, 3.63) is 0 Å². The number of rotatable bonds is 12. The third-order valence-electron chi connectivity index (χ3n) is 7.56. The minimum atomic E-state index is -0.756. The molecule has 3 aliphatic rings. The van der Waals surface area contributed by atoms with Crippen LogP contribution in [0.4, 0.5) is 0 Å². The molecule has 2 heterocycles. The molecule has 3 unspecified atom stereocenters. The molecule has 0 bridgehead atoms. The van der Waals surface area contributed by atoms with Crippen LogP contribution in [-0.2, 0) is 4.79 Å². The summed E-state index contributed by atoms with van der Waals surface area (Å²) in [4.78, 5) is 13.7. The van der Waals surface area contributed by atoms with Gasteiger partial charge in [0.05, 0.1) is 0 Å². The molecule has 3 fully saturated rings. The van der Waals surface area contributed by atoms with Crippen molar-refractivity contribution in [1.29, 1.82) is 0 Å². The van der Waals surface area contributed by atoms with Crippen LogP contribution in [0.2, 0.25) is 0 Å². The van der Waals surface area contributed by atoms with Crippen molar-refractivity contribution in [1.82, 2.24) is 19.1 Å². The van der Waals surface area contributed by atoms with E-state index in [0.29, 0.717) is 11.5 Å². The molecular formula is C23H44IN4O2-. The maximum absolute atomic E-state index is 13.7. The van der Waals surface area contributed by atoms with Gasteiger partial charge in [0, 0.05) is 0 Å². The van der Waals surface area contributed by atoms with Crippen LogP contribution in [0.1, 0.15) is 85.0 Å². The Morgan fingerprint density at radius 1 is 1.30 bits per heavy atom. The summed E-state index contributed by atoms with van der Waals surface area (Å²) in [6, 6.07) is 0.102. The average Bonchev–Trinajstić information content (AvgIpc) is 3.42. The molecule has 176 valence electrons. The van der Waals surface area contributed by atoms with Crippen LogP contribution in [0.5, 0.6) is 0 Å². The summed E-state index contributed by atoms with van der Waals surface area (Å²) in [5.41, 5.74) is -0.0487. The minimum absolute atomic E-state index is 0.241. The van der Waals surface area contributed by atoms with Crippen molar-refractivity contribution in [2.45, 2.75) is 113 Å². The summed E-state index contributed by atoms with van der Waals surface area (Å²) in [5, 5.41) is 20.9. The Labute approximate surface area is 194 Å². The van der Waals surface area contributed by atoms with Crippen LogP contribution in [0.3, 0.4) is 0 Å². The standard InChI is InChI=1S/C23H44IN4O2/c1-5-6-7-8-9-10-12-17(27-21(30)22(2,3)25-4)20(29)28-19-16-26-14-11-13-23(19)15-18(23)24-28/h17-19,21,25-27,30H,5-16H2,1-4H3/q-1/t17-,18?,19+,21?,23?/m0/s1. The number of amides is 1. The van der Waals surface area contributed by atoms with E-state index in [1.165, 1.54) is 51.4 Å². The Hall–Kier alpha value is 0.0400. The van der Waals surface area contributed by atoms with E-state index < -0.39 is 11.8 Å². The molecule has 1 aliphatic carbocycles.